The summed E-state index contributed by atoms with van der Waals surface area (Å²) >= 11 is 0. The molecule has 27 heavy (non-hydrogen) atoms. The van der Waals surface area contributed by atoms with Crippen LogP contribution in [0.4, 0.5) is 26.0 Å². The van der Waals surface area contributed by atoms with Gasteiger partial charge in [-0.15, -0.1) is 0 Å². The number of hydrogen-bond donors (Lipinski definition) is 2. The van der Waals surface area contributed by atoms with E-state index in [0.717, 1.165) is 28.9 Å². The second-order valence-corrected chi connectivity index (χ2v) is 6.18. The van der Waals surface area contributed by atoms with Gasteiger partial charge in [-0.25, -0.2) is 18.7 Å². The summed E-state index contributed by atoms with van der Waals surface area (Å²) in [5, 5.41) is 5.37. The SMILES string of the molecule is Cc1ccc(Nc2cc(C(=O)Nc3c(F)cccc3F)nc(C)n2)c(C)c1. The number of anilines is 3. The van der Waals surface area contributed by atoms with Crippen molar-refractivity contribution < 1.29 is 13.6 Å². The molecule has 7 heteroatoms. The number of para-hydroxylation sites is 1. The highest BCUT2D eigenvalue weighted by Crippen LogP contribution is 2.22. The number of carbonyl (C=O) groups is 1. The molecule has 0 fully saturated rings. The summed E-state index contributed by atoms with van der Waals surface area (Å²) in [6.45, 7) is 5.58. The lowest BCUT2D eigenvalue weighted by atomic mass is 10.1. The number of benzene rings is 2. The zero-order valence-electron chi connectivity index (χ0n) is 15.1. The second kappa shape index (κ2) is 7.49. The molecule has 1 aromatic heterocycles. The molecule has 0 aliphatic heterocycles. The summed E-state index contributed by atoms with van der Waals surface area (Å²) in [6, 6.07) is 10.7. The minimum Gasteiger partial charge on any atom is -0.340 e. The molecule has 0 saturated carbocycles. The molecule has 0 atom stereocenters. The number of amides is 1. The predicted molar refractivity (Wildman–Crippen MR) is 100 cm³/mol. The fourth-order valence-electron chi connectivity index (χ4n) is 2.63. The van der Waals surface area contributed by atoms with E-state index in [0.29, 0.717) is 11.6 Å². The topological polar surface area (TPSA) is 66.9 Å². The zero-order valence-corrected chi connectivity index (χ0v) is 15.1. The number of carbonyl (C=O) groups excluding carboxylic acids is 1. The number of nitrogens with one attached hydrogen (secondary N) is 2. The van der Waals surface area contributed by atoms with Crippen LogP contribution in [0.2, 0.25) is 0 Å². The number of hydrogen-bond acceptors (Lipinski definition) is 4. The standard InChI is InChI=1S/C20H18F2N4O/c1-11-7-8-16(12(2)9-11)25-18-10-17(23-13(3)24-18)20(27)26-19-14(21)5-4-6-15(19)22/h4-10H,1-3H3,(H,26,27)(H,23,24,25). The number of rotatable bonds is 4. The molecule has 0 unspecified atom stereocenters. The monoisotopic (exact) mass is 368 g/mol. The van der Waals surface area contributed by atoms with Gasteiger partial charge in [-0.05, 0) is 44.5 Å². The van der Waals surface area contributed by atoms with Gasteiger partial charge in [0.2, 0.25) is 0 Å². The minimum absolute atomic E-state index is 0.00239. The van der Waals surface area contributed by atoms with Gasteiger partial charge in [0, 0.05) is 11.8 Å². The third-order valence-corrected chi connectivity index (χ3v) is 3.92. The Bertz CT molecular complexity index is 1000. The van der Waals surface area contributed by atoms with E-state index in [1.54, 1.807) is 6.92 Å². The van der Waals surface area contributed by atoms with Crippen LogP contribution in [0.1, 0.15) is 27.4 Å². The Hall–Kier alpha value is -3.35. The second-order valence-electron chi connectivity index (χ2n) is 6.18. The van der Waals surface area contributed by atoms with Crippen molar-refractivity contribution in [1.82, 2.24) is 9.97 Å². The molecular weight excluding hydrogens is 350 g/mol. The number of halogens is 2. The summed E-state index contributed by atoms with van der Waals surface area (Å²) in [4.78, 5) is 20.8. The zero-order chi connectivity index (χ0) is 19.6. The normalized spacial score (nSPS) is 10.6. The highest BCUT2D eigenvalue weighted by Gasteiger charge is 2.16. The summed E-state index contributed by atoms with van der Waals surface area (Å²) in [7, 11) is 0. The first-order valence-corrected chi connectivity index (χ1v) is 8.29. The van der Waals surface area contributed by atoms with Gasteiger partial charge in [0.15, 0.2) is 0 Å². The van der Waals surface area contributed by atoms with Crippen LogP contribution in [-0.4, -0.2) is 15.9 Å². The average Bonchev–Trinajstić information content (AvgIpc) is 2.60. The van der Waals surface area contributed by atoms with Crippen LogP contribution >= 0.6 is 0 Å². The van der Waals surface area contributed by atoms with E-state index in [4.69, 9.17) is 0 Å². The molecule has 5 nitrogen and oxygen atoms in total. The molecule has 1 heterocycles. The molecule has 1 amide bonds. The highest BCUT2D eigenvalue weighted by atomic mass is 19.1. The van der Waals surface area contributed by atoms with Crippen molar-refractivity contribution in [2.24, 2.45) is 0 Å². The average molecular weight is 368 g/mol. The van der Waals surface area contributed by atoms with E-state index < -0.39 is 23.2 Å². The highest BCUT2D eigenvalue weighted by molar-refractivity contribution is 6.03. The predicted octanol–water partition coefficient (Wildman–Crippen LogP) is 4.68. The molecule has 0 saturated heterocycles. The van der Waals surface area contributed by atoms with E-state index in [1.165, 1.54) is 12.1 Å². The van der Waals surface area contributed by atoms with Gasteiger partial charge >= 0.3 is 0 Å². The summed E-state index contributed by atoms with van der Waals surface area (Å²) in [5.41, 5.74) is 2.47. The van der Waals surface area contributed by atoms with Gasteiger partial charge < -0.3 is 10.6 Å². The van der Waals surface area contributed by atoms with E-state index in [1.807, 2.05) is 32.0 Å². The Morgan fingerprint density at radius 2 is 1.67 bits per heavy atom. The quantitative estimate of drug-likeness (QED) is 0.702. The molecule has 0 radical (unpaired) electrons. The van der Waals surface area contributed by atoms with Crippen molar-refractivity contribution in [3.8, 4) is 0 Å². The third kappa shape index (κ3) is 4.25. The first-order chi connectivity index (χ1) is 12.8. The van der Waals surface area contributed by atoms with Gasteiger partial charge in [-0.3, -0.25) is 4.79 Å². The maximum absolute atomic E-state index is 13.7. The molecular formula is C20H18F2N4O. The molecule has 0 bridgehead atoms. The smallest absolute Gasteiger partial charge is 0.274 e. The Balaban J connectivity index is 1.87. The maximum Gasteiger partial charge on any atom is 0.274 e. The first kappa shape index (κ1) is 18.4. The van der Waals surface area contributed by atoms with Crippen LogP contribution in [0.5, 0.6) is 0 Å². The first-order valence-electron chi connectivity index (χ1n) is 8.29. The molecule has 2 aromatic carbocycles. The van der Waals surface area contributed by atoms with Gasteiger partial charge in [-0.1, -0.05) is 23.8 Å². The number of aryl methyl sites for hydroxylation is 3. The Labute approximate surface area is 155 Å². The Kier molecular flexibility index (Phi) is 5.12. The van der Waals surface area contributed by atoms with E-state index in [9.17, 15) is 13.6 Å². The molecule has 138 valence electrons. The molecule has 2 N–H and O–H groups in total. The van der Waals surface area contributed by atoms with Crippen LogP contribution < -0.4 is 10.6 Å². The number of nitrogens with zero attached hydrogens (tertiary/aromatic N) is 2. The van der Waals surface area contributed by atoms with Crippen LogP contribution in [0.15, 0.2) is 42.5 Å². The summed E-state index contributed by atoms with van der Waals surface area (Å²) < 4.78 is 27.5. The van der Waals surface area contributed by atoms with Gasteiger partial charge in [0.1, 0.15) is 34.7 Å². The van der Waals surface area contributed by atoms with Crippen LogP contribution in [0.25, 0.3) is 0 Å². The van der Waals surface area contributed by atoms with Crippen molar-refractivity contribution in [3.05, 3.63) is 76.7 Å². The van der Waals surface area contributed by atoms with Crippen molar-refractivity contribution in [2.45, 2.75) is 20.8 Å². The minimum atomic E-state index is -0.859. The van der Waals surface area contributed by atoms with Crippen molar-refractivity contribution >= 4 is 23.1 Å². The molecule has 0 aliphatic rings. The van der Waals surface area contributed by atoms with Crippen LogP contribution in [0, 0.1) is 32.4 Å². The van der Waals surface area contributed by atoms with Gasteiger partial charge in [-0.2, -0.15) is 0 Å². The van der Waals surface area contributed by atoms with Gasteiger partial charge in [0.05, 0.1) is 0 Å². The van der Waals surface area contributed by atoms with E-state index >= 15 is 0 Å². The van der Waals surface area contributed by atoms with Crippen molar-refractivity contribution in [2.75, 3.05) is 10.6 Å². The molecule has 3 rings (SSSR count). The largest absolute Gasteiger partial charge is 0.340 e. The van der Waals surface area contributed by atoms with Crippen LogP contribution in [-0.2, 0) is 0 Å². The Morgan fingerprint density at radius 1 is 0.963 bits per heavy atom. The van der Waals surface area contributed by atoms with E-state index in [-0.39, 0.29) is 5.69 Å². The molecule has 3 aromatic rings. The lowest BCUT2D eigenvalue weighted by molar-refractivity contribution is 0.102. The lowest BCUT2D eigenvalue weighted by Crippen LogP contribution is -2.17. The fraction of sp³-hybridized carbons (Fsp3) is 0.150. The lowest BCUT2D eigenvalue weighted by Gasteiger charge is -2.12. The van der Waals surface area contributed by atoms with Crippen molar-refractivity contribution in [3.63, 3.8) is 0 Å². The van der Waals surface area contributed by atoms with E-state index in [2.05, 4.69) is 20.6 Å². The number of aromatic nitrogens is 2. The van der Waals surface area contributed by atoms with Crippen LogP contribution in [0.3, 0.4) is 0 Å². The van der Waals surface area contributed by atoms with Crippen molar-refractivity contribution in [1.29, 1.82) is 0 Å². The summed E-state index contributed by atoms with van der Waals surface area (Å²) in [5.74, 6) is -1.68. The third-order valence-electron chi connectivity index (χ3n) is 3.92. The summed E-state index contributed by atoms with van der Waals surface area (Å²) in [6.07, 6.45) is 0. The molecule has 0 aliphatic carbocycles. The van der Waals surface area contributed by atoms with Gasteiger partial charge in [0.25, 0.3) is 5.91 Å². The fourth-order valence-corrected chi connectivity index (χ4v) is 2.63. The Morgan fingerprint density at radius 3 is 2.33 bits per heavy atom. The molecule has 0 spiro atoms. The maximum atomic E-state index is 13.7.